The summed E-state index contributed by atoms with van der Waals surface area (Å²) in [5.41, 5.74) is 3.05. The van der Waals surface area contributed by atoms with Gasteiger partial charge in [-0.15, -0.1) is 0 Å². The number of aliphatic hydroxyl groups is 1. The lowest BCUT2D eigenvalue weighted by Gasteiger charge is -2.34. The fraction of sp³-hybridized carbons (Fsp3) is 0.316. The van der Waals surface area contributed by atoms with Gasteiger partial charge in [0.25, 0.3) is 5.91 Å². The van der Waals surface area contributed by atoms with Gasteiger partial charge in [0.15, 0.2) is 5.58 Å². The maximum atomic E-state index is 12.6. The van der Waals surface area contributed by atoms with Crippen molar-refractivity contribution in [2.75, 3.05) is 13.1 Å². The highest BCUT2D eigenvalue weighted by Crippen LogP contribution is 2.31. The Morgan fingerprint density at radius 3 is 2.67 bits per heavy atom. The molecule has 0 radical (unpaired) electrons. The number of benzene rings is 1. The van der Waals surface area contributed by atoms with Crippen LogP contribution in [0.2, 0.25) is 0 Å². The minimum absolute atomic E-state index is 0.00551. The van der Waals surface area contributed by atoms with E-state index in [2.05, 4.69) is 4.98 Å². The van der Waals surface area contributed by atoms with E-state index in [-0.39, 0.29) is 11.8 Å². The molecule has 2 aromatic heterocycles. The standard InChI is InChI=1S/C19H20N2O3/c22-18(13-4-2-1-3-5-13)14-6-9-21(10-7-14)19(23)16-12-17-15(20-16)8-11-24-17/h1-5,8,11-12,14,18,20,22H,6-7,9-10H2. The molecule has 1 amide bonds. The molecule has 3 heterocycles. The molecule has 0 aliphatic carbocycles. The number of furan rings is 1. The monoisotopic (exact) mass is 324 g/mol. The molecule has 5 heteroatoms. The Labute approximate surface area is 139 Å². The second kappa shape index (κ2) is 6.17. The van der Waals surface area contributed by atoms with E-state index < -0.39 is 6.10 Å². The lowest BCUT2D eigenvalue weighted by molar-refractivity contribution is 0.0459. The minimum Gasteiger partial charge on any atom is -0.463 e. The summed E-state index contributed by atoms with van der Waals surface area (Å²) < 4.78 is 5.30. The van der Waals surface area contributed by atoms with E-state index >= 15 is 0 Å². The number of fused-ring (bicyclic) bond motifs is 1. The topological polar surface area (TPSA) is 69.5 Å². The van der Waals surface area contributed by atoms with Crippen molar-refractivity contribution in [2.24, 2.45) is 5.92 Å². The van der Waals surface area contributed by atoms with Crippen LogP contribution >= 0.6 is 0 Å². The number of aliphatic hydroxyl groups excluding tert-OH is 1. The number of carbonyl (C=O) groups is 1. The van der Waals surface area contributed by atoms with Crippen LogP contribution in [0.3, 0.4) is 0 Å². The Bertz CT molecular complexity index is 800. The zero-order valence-corrected chi connectivity index (χ0v) is 13.3. The highest BCUT2D eigenvalue weighted by atomic mass is 16.3. The Balaban J connectivity index is 1.40. The summed E-state index contributed by atoms with van der Waals surface area (Å²) in [6, 6.07) is 13.3. The van der Waals surface area contributed by atoms with Crippen LogP contribution in [0.1, 0.15) is 35.0 Å². The van der Waals surface area contributed by atoms with Crippen LogP contribution in [-0.2, 0) is 0 Å². The molecule has 0 spiro atoms. The van der Waals surface area contributed by atoms with E-state index in [1.54, 1.807) is 12.3 Å². The van der Waals surface area contributed by atoms with E-state index in [9.17, 15) is 9.90 Å². The van der Waals surface area contributed by atoms with E-state index in [4.69, 9.17) is 4.42 Å². The van der Waals surface area contributed by atoms with Gasteiger partial charge in [0.1, 0.15) is 5.69 Å². The second-order valence-corrected chi connectivity index (χ2v) is 6.37. The summed E-state index contributed by atoms with van der Waals surface area (Å²) in [5, 5.41) is 10.5. The number of nitrogens with zero attached hydrogens (tertiary/aromatic N) is 1. The molecule has 24 heavy (non-hydrogen) atoms. The van der Waals surface area contributed by atoms with Crippen molar-refractivity contribution in [1.29, 1.82) is 0 Å². The van der Waals surface area contributed by atoms with Crippen molar-refractivity contribution in [3.8, 4) is 0 Å². The average molecular weight is 324 g/mol. The van der Waals surface area contributed by atoms with Crippen molar-refractivity contribution < 1.29 is 14.3 Å². The summed E-state index contributed by atoms with van der Waals surface area (Å²) in [6.07, 6.45) is 2.75. The Kier molecular flexibility index (Phi) is 3.86. The molecule has 1 fully saturated rings. The van der Waals surface area contributed by atoms with Gasteiger partial charge < -0.3 is 19.4 Å². The third-order valence-electron chi connectivity index (χ3n) is 4.88. The van der Waals surface area contributed by atoms with Gasteiger partial charge in [-0.3, -0.25) is 4.79 Å². The summed E-state index contributed by atoms with van der Waals surface area (Å²) in [5.74, 6) is 0.186. The maximum absolute atomic E-state index is 12.6. The lowest BCUT2D eigenvalue weighted by atomic mass is 9.87. The van der Waals surface area contributed by atoms with Crippen LogP contribution < -0.4 is 0 Å². The molecule has 124 valence electrons. The third-order valence-corrected chi connectivity index (χ3v) is 4.88. The molecular formula is C19H20N2O3. The quantitative estimate of drug-likeness (QED) is 0.776. The first-order valence-corrected chi connectivity index (χ1v) is 8.31. The van der Waals surface area contributed by atoms with Gasteiger partial charge in [-0.2, -0.15) is 0 Å². The lowest BCUT2D eigenvalue weighted by Crippen LogP contribution is -2.39. The van der Waals surface area contributed by atoms with Gasteiger partial charge in [-0.05, 0) is 24.3 Å². The number of hydrogen-bond donors (Lipinski definition) is 2. The molecule has 2 N–H and O–H groups in total. The normalized spacial score (nSPS) is 17.3. The predicted octanol–water partition coefficient (Wildman–Crippen LogP) is 3.35. The van der Waals surface area contributed by atoms with E-state index in [1.807, 2.05) is 41.3 Å². The predicted molar refractivity (Wildman–Crippen MR) is 90.6 cm³/mol. The van der Waals surface area contributed by atoms with Crippen LogP contribution in [0.5, 0.6) is 0 Å². The van der Waals surface area contributed by atoms with Gasteiger partial charge in [-0.1, -0.05) is 30.3 Å². The number of carbonyl (C=O) groups excluding carboxylic acids is 1. The molecule has 1 aromatic carbocycles. The molecule has 1 atom stereocenters. The number of nitrogens with one attached hydrogen (secondary N) is 1. The van der Waals surface area contributed by atoms with Crippen LogP contribution in [0.15, 0.2) is 53.1 Å². The van der Waals surface area contributed by atoms with Crippen LogP contribution in [0.25, 0.3) is 11.1 Å². The van der Waals surface area contributed by atoms with E-state index in [0.717, 1.165) is 23.9 Å². The molecule has 1 aliphatic heterocycles. The molecule has 1 aliphatic rings. The third kappa shape index (κ3) is 2.71. The molecule has 0 bridgehead atoms. The zero-order chi connectivity index (χ0) is 16.5. The number of amides is 1. The highest BCUT2D eigenvalue weighted by Gasteiger charge is 2.29. The average Bonchev–Trinajstić information content (AvgIpc) is 3.23. The summed E-state index contributed by atoms with van der Waals surface area (Å²) in [4.78, 5) is 17.5. The zero-order valence-electron chi connectivity index (χ0n) is 13.3. The first-order valence-electron chi connectivity index (χ1n) is 8.31. The van der Waals surface area contributed by atoms with Gasteiger partial charge in [0.2, 0.25) is 0 Å². The first kappa shape index (κ1) is 15.0. The van der Waals surface area contributed by atoms with E-state index in [1.165, 1.54) is 0 Å². The van der Waals surface area contributed by atoms with Crippen LogP contribution in [-0.4, -0.2) is 34.0 Å². The van der Waals surface area contributed by atoms with Gasteiger partial charge in [-0.25, -0.2) is 0 Å². The Hall–Kier alpha value is -2.53. The summed E-state index contributed by atoms with van der Waals surface area (Å²) >= 11 is 0. The fourth-order valence-corrected chi connectivity index (χ4v) is 3.47. The Morgan fingerprint density at radius 2 is 1.96 bits per heavy atom. The minimum atomic E-state index is -0.462. The molecule has 5 nitrogen and oxygen atoms in total. The number of hydrogen-bond acceptors (Lipinski definition) is 3. The van der Waals surface area contributed by atoms with Crippen LogP contribution in [0.4, 0.5) is 0 Å². The number of aromatic nitrogens is 1. The first-order chi connectivity index (χ1) is 11.7. The van der Waals surface area contributed by atoms with Crippen molar-refractivity contribution >= 4 is 17.0 Å². The fourth-order valence-electron chi connectivity index (χ4n) is 3.47. The summed E-state index contributed by atoms with van der Waals surface area (Å²) in [6.45, 7) is 1.32. The SMILES string of the molecule is O=C(c1cc2occc2[nH]1)N1CCC(C(O)c2ccccc2)CC1. The van der Waals surface area contributed by atoms with Crippen molar-refractivity contribution in [3.05, 3.63) is 60.0 Å². The van der Waals surface area contributed by atoms with Gasteiger partial charge in [0.05, 0.1) is 17.9 Å². The van der Waals surface area contributed by atoms with Gasteiger partial charge >= 0.3 is 0 Å². The maximum Gasteiger partial charge on any atom is 0.270 e. The van der Waals surface area contributed by atoms with Crippen molar-refractivity contribution in [1.82, 2.24) is 9.88 Å². The largest absolute Gasteiger partial charge is 0.463 e. The highest BCUT2D eigenvalue weighted by molar-refractivity contribution is 5.96. The van der Waals surface area contributed by atoms with Crippen molar-refractivity contribution in [2.45, 2.75) is 18.9 Å². The number of aromatic amines is 1. The van der Waals surface area contributed by atoms with E-state index in [0.29, 0.717) is 24.4 Å². The summed E-state index contributed by atoms with van der Waals surface area (Å²) in [7, 11) is 0. The Morgan fingerprint density at radius 1 is 1.21 bits per heavy atom. The molecule has 4 rings (SSSR count). The molecule has 3 aromatic rings. The number of piperidine rings is 1. The number of rotatable bonds is 3. The molecule has 1 saturated heterocycles. The second-order valence-electron chi connectivity index (χ2n) is 6.37. The van der Waals surface area contributed by atoms with Gasteiger partial charge in [0, 0.05) is 25.2 Å². The molecule has 0 saturated carbocycles. The molecular weight excluding hydrogens is 304 g/mol. The smallest absolute Gasteiger partial charge is 0.270 e. The molecule has 1 unspecified atom stereocenters. The number of likely N-dealkylation sites (tertiary alicyclic amines) is 1. The van der Waals surface area contributed by atoms with Crippen LogP contribution in [0, 0.1) is 5.92 Å². The van der Waals surface area contributed by atoms with Crippen molar-refractivity contribution in [3.63, 3.8) is 0 Å². The number of H-pyrrole nitrogens is 1.